The molecular formula is C16H16N4O3. The maximum atomic E-state index is 12.2. The molecule has 2 aromatic rings. The molecule has 1 aliphatic rings. The normalized spacial score (nSPS) is 12.7. The number of nitrogens with zero attached hydrogens (tertiary/aromatic N) is 3. The fraction of sp³-hybridized carbons (Fsp3) is 0.250. The third kappa shape index (κ3) is 3.63. The topological polar surface area (TPSA) is 97.1 Å². The maximum absolute atomic E-state index is 12.2. The van der Waals surface area contributed by atoms with E-state index < -0.39 is 5.97 Å². The first-order chi connectivity index (χ1) is 11.1. The van der Waals surface area contributed by atoms with Crippen LogP contribution in [0.5, 0.6) is 0 Å². The van der Waals surface area contributed by atoms with Crippen molar-refractivity contribution < 1.29 is 14.7 Å². The van der Waals surface area contributed by atoms with E-state index in [1.807, 2.05) is 12.1 Å². The zero-order chi connectivity index (χ0) is 16.2. The molecule has 1 aliphatic carbocycles. The van der Waals surface area contributed by atoms with Gasteiger partial charge in [0.15, 0.2) is 0 Å². The average molecular weight is 312 g/mol. The van der Waals surface area contributed by atoms with Crippen LogP contribution in [0, 0.1) is 0 Å². The molecule has 0 radical (unpaired) electrons. The number of carboxylic acids is 1. The summed E-state index contributed by atoms with van der Waals surface area (Å²) < 4.78 is 1.22. The largest absolute Gasteiger partial charge is 0.480 e. The van der Waals surface area contributed by atoms with Gasteiger partial charge in [-0.3, -0.25) is 9.59 Å². The smallest absolute Gasteiger partial charge is 0.325 e. The van der Waals surface area contributed by atoms with E-state index in [0.29, 0.717) is 11.3 Å². The predicted octanol–water partition coefficient (Wildman–Crippen LogP) is 1.25. The molecule has 23 heavy (non-hydrogen) atoms. The van der Waals surface area contributed by atoms with E-state index in [1.165, 1.54) is 16.4 Å². The first-order valence-electron chi connectivity index (χ1n) is 7.30. The number of allylic oxidation sites excluding steroid dienone is 1. The molecule has 3 rings (SSSR count). The Morgan fingerprint density at radius 2 is 2.22 bits per heavy atom. The van der Waals surface area contributed by atoms with Crippen molar-refractivity contribution in [2.24, 2.45) is 0 Å². The zero-order valence-corrected chi connectivity index (χ0v) is 12.4. The second kappa shape index (κ2) is 6.43. The van der Waals surface area contributed by atoms with Crippen LogP contribution in [0.4, 0.5) is 0 Å². The Balaban J connectivity index is 1.62. The first kappa shape index (κ1) is 15.0. The van der Waals surface area contributed by atoms with E-state index in [-0.39, 0.29) is 19.0 Å². The lowest BCUT2D eigenvalue weighted by atomic mass is 9.95. The Morgan fingerprint density at radius 3 is 3.04 bits per heavy atom. The fourth-order valence-corrected chi connectivity index (χ4v) is 2.48. The molecule has 0 fully saturated rings. The van der Waals surface area contributed by atoms with Gasteiger partial charge in [0.25, 0.3) is 5.91 Å². The highest BCUT2D eigenvalue weighted by molar-refractivity contribution is 5.94. The lowest BCUT2D eigenvalue weighted by Gasteiger charge is -2.12. The van der Waals surface area contributed by atoms with Crippen LogP contribution in [-0.4, -0.2) is 32.0 Å². The van der Waals surface area contributed by atoms with E-state index in [0.717, 1.165) is 18.4 Å². The summed E-state index contributed by atoms with van der Waals surface area (Å²) in [5, 5.41) is 19.0. The molecule has 1 aromatic heterocycles. The van der Waals surface area contributed by atoms with Crippen LogP contribution < -0.4 is 5.32 Å². The molecule has 0 bridgehead atoms. The summed E-state index contributed by atoms with van der Waals surface area (Å²) in [6, 6.07) is 5.66. The molecule has 7 nitrogen and oxygen atoms in total. The Kier molecular flexibility index (Phi) is 4.18. The van der Waals surface area contributed by atoms with Crippen molar-refractivity contribution in [1.82, 2.24) is 20.3 Å². The number of carbonyl (C=O) groups excluding carboxylic acids is 1. The molecule has 0 unspecified atom stereocenters. The number of fused-ring (bicyclic) bond motifs is 1. The zero-order valence-electron chi connectivity index (χ0n) is 12.4. The number of aryl methyl sites for hydroxylation is 1. The van der Waals surface area contributed by atoms with Crippen molar-refractivity contribution in [2.75, 3.05) is 0 Å². The molecule has 0 saturated heterocycles. The molecule has 0 saturated carbocycles. The van der Waals surface area contributed by atoms with Crippen molar-refractivity contribution in [2.45, 2.75) is 25.9 Å². The number of aliphatic carboxylic acids is 1. The van der Waals surface area contributed by atoms with Gasteiger partial charge in [-0.1, -0.05) is 23.4 Å². The minimum absolute atomic E-state index is 0.185. The van der Waals surface area contributed by atoms with Crippen molar-refractivity contribution in [3.63, 3.8) is 0 Å². The van der Waals surface area contributed by atoms with E-state index in [1.54, 1.807) is 6.07 Å². The van der Waals surface area contributed by atoms with Crippen LogP contribution in [-0.2, 0) is 24.3 Å². The molecule has 0 aliphatic heterocycles. The minimum atomic E-state index is -0.992. The molecule has 1 aromatic carbocycles. The molecule has 118 valence electrons. The summed E-state index contributed by atoms with van der Waals surface area (Å²) in [6.07, 6.45) is 7.64. The van der Waals surface area contributed by atoms with Gasteiger partial charge in [0.05, 0.1) is 12.7 Å². The number of benzene rings is 1. The molecule has 7 heteroatoms. The highest BCUT2D eigenvalue weighted by Gasteiger charge is 2.11. The van der Waals surface area contributed by atoms with E-state index >= 15 is 0 Å². The van der Waals surface area contributed by atoms with Gasteiger partial charge in [0.1, 0.15) is 12.2 Å². The molecule has 1 heterocycles. The van der Waals surface area contributed by atoms with Gasteiger partial charge in [-0.05, 0) is 36.1 Å². The summed E-state index contributed by atoms with van der Waals surface area (Å²) >= 11 is 0. The number of carboxylic acid groups (broad SMARTS) is 1. The van der Waals surface area contributed by atoms with E-state index in [9.17, 15) is 9.59 Å². The second-order valence-electron chi connectivity index (χ2n) is 5.34. The Hall–Kier alpha value is -2.96. The molecule has 0 spiro atoms. The second-order valence-corrected chi connectivity index (χ2v) is 5.34. The Bertz CT molecular complexity index is 779. The van der Waals surface area contributed by atoms with Gasteiger partial charge in [-0.2, -0.15) is 0 Å². The van der Waals surface area contributed by atoms with Crippen LogP contribution in [0.25, 0.3) is 6.08 Å². The van der Waals surface area contributed by atoms with Gasteiger partial charge < -0.3 is 10.4 Å². The number of aromatic nitrogens is 3. The average Bonchev–Trinajstić information content (AvgIpc) is 2.98. The fourth-order valence-electron chi connectivity index (χ4n) is 2.48. The SMILES string of the molecule is O=C(O)Cn1cc(CNC(=O)c2ccc3c(c2)CCC=C3)nn1. The van der Waals surface area contributed by atoms with Crippen LogP contribution in [0.15, 0.2) is 30.5 Å². The summed E-state index contributed by atoms with van der Waals surface area (Å²) in [5.41, 5.74) is 3.45. The lowest BCUT2D eigenvalue weighted by molar-refractivity contribution is -0.137. The van der Waals surface area contributed by atoms with Gasteiger partial charge in [-0.25, -0.2) is 4.68 Å². The van der Waals surface area contributed by atoms with Crippen LogP contribution in [0.1, 0.15) is 33.6 Å². The molecule has 1 amide bonds. The third-order valence-electron chi connectivity index (χ3n) is 3.60. The quantitative estimate of drug-likeness (QED) is 0.866. The molecular weight excluding hydrogens is 296 g/mol. The van der Waals surface area contributed by atoms with Crippen molar-refractivity contribution in [1.29, 1.82) is 0 Å². The van der Waals surface area contributed by atoms with Crippen molar-refractivity contribution in [3.05, 3.63) is 52.9 Å². The van der Waals surface area contributed by atoms with E-state index in [2.05, 4.69) is 27.8 Å². The van der Waals surface area contributed by atoms with Gasteiger partial charge in [0, 0.05) is 5.56 Å². The Labute approximate surface area is 132 Å². The van der Waals surface area contributed by atoms with Crippen LogP contribution in [0.2, 0.25) is 0 Å². The highest BCUT2D eigenvalue weighted by atomic mass is 16.4. The number of rotatable bonds is 5. The van der Waals surface area contributed by atoms with Gasteiger partial charge in [-0.15, -0.1) is 5.10 Å². The lowest BCUT2D eigenvalue weighted by Crippen LogP contribution is -2.23. The number of hydrogen-bond acceptors (Lipinski definition) is 4. The summed E-state index contributed by atoms with van der Waals surface area (Å²) in [7, 11) is 0. The summed E-state index contributed by atoms with van der Waals surface area (Å²) in [5.74, 6) is -1.18. The van der Waals surface area contributed by atoms with Crippen molar-refractivity contribution >= 4 is 18.0 Å². The molecule has 2 N–H and O–H groups in total. The highest BCUT2D eigenvalue weighted by Crippen LogP contribution is 2.20. The van der Waals surface area contributed by atoms with Crippen LogP contribution >= 0.6 is 0 Å². The van der Waals surface area contributed by atoms with Gasteiger partial charge in [0.2, 0.25) is 0 Å². The third-order valence-corrected chi connectivity index (χ3v) is 3.60. The van der Waals surface area contributed by atoms with Gasteiger partial charge >= 0.3 is 5.97 Å². The minimum Gasteiger partial charge on any atom is -0.480 e. The van der Waals surface area contributed by atoms with Crippen LogP contribution in [0.3, 0.4) is 0 Å². The maximum Gasteiger partial charge on any atom is 0.325 e. The molecule has 0 atom stereocenters. The number of carbonyl (C=O) groups is 2. The van der Waals surface area contributed by atoms with Crippen molar-refractivity contribution in [3.8, 4) is 0 Å². The summed E-state index contributed by atoms with van der Waals surface area (Å²) in [6.45, 7) is -0.0469. The number of amides is 1. The predicted molar refractivity (Wildman–Crippen MR) is 82.6 cm³/mol. The number of nitrogens with one attached hydrogen (secondary N) is 1. The Morgan fingerprint density at radius 1 is 1.35 bits per heavy atom. The standard InChI is InChI=1S/C16H16N4O3/c21-15(22)10-20-9-14(18-19-20)8-17-16(23)13-6-5-11-3-1-2-4-12(11)7-13/h1,3,5-7,9H,2,4,8,10H2,(H,17,23)(H,21,22). The monoisotopic (exact) mass is 312 g/mol. The number of hydrogen-bond donors (Lipinski definition) is 2. The van der Waals surface area contributed by atoms with E-state index in [4.69, 9.17) is 5.11 Å². The summed E-state index contributed by atoms with van der Waals surface area (Å²) in [4.78, 5) is 22.8. The first-order valence-corrected chi connectivity index (χ1v) is 7.30.